The first kappa shape index (κ1) is 45.4. The Morgan fingerprint density at radius 2 is 1.51 bits per heavy atom. The van der Waals surface area contributed by atoms with Crippen molar-refractivity contribution in [1.29, 1.82) is 0 Å². The number of hydrogen-bond donors (Lipinski definition) is 0. The molecule has 11 heteroatoms. The zero-order chi connectivity index (χ0) is 35.4. The van der Waals surface area contributed by atoms with E-state index in [1.165, 1.54) is 41.7 Å². The van der Waals surface area contributed by atoms with E-state index in [1.54, 1.807) is 6.92 Å². The summed E-state index contributed by atoms with van der Waals surface area (Å²) in [6.45, 7) is 10.6. The van der Waals surface area contributed by atoms with Gasteiger partial charge in [0.25, 0.3) is 0 Å². The van der Waals surface area contributed by atoms with Crippen molar-refractivity contribution in [1.82, 2.24) is 4.98 Å². The Balaban J connectivity index is 0.00000105. The Kier molecular flexibility index (Phi) is 19.4. The molecular formula is C40H38ClNNa2O5S2. The zero-order valence-electron chi connectivity index (χ0n) is 29.4. The summed E-state index contributed by atoms with van der Waals surface area (Å²) in [7, 11) is 0. The number of hydrogen-bond acceptors (Lipinski definition) is 8. The SMILES string of the molecule is O=C=O.O=C=O.[CH2-]C1(CSC(=Cc2ccc3ccc(Cl)cc3n2)c2cccc([C@@H](CCc3ccccc3C(C)=O)SCC3([CH2-])CC3)c2)CC1.[Na+].[Na+]. The van der Waals surface area contributed by atoms with E-state index in [1.807, 2.05) is 59.9 Å². The fourth-order valence-electron chi connectivity index (χ4n) is 5.29. The second-order valence-corrected chi connectivity index (χ2v) is 15.4. The van der Waals surface area contributed by atoms with Crippen molar-refractivity contribution in [2.75, 3.05) is 11.5 Å². The molecule has 2 aliphatic rings. The minimum absolute atomic E-state index is 0. The smallest absolute Gasteiger partial charge is 0.336 e. The van der Waals surface area contributed by atoms with Crippen molar-refractivity contribution in [2.24, 2.45) is 10.8 Å². The fraction of sp³-hybridized carbons (Fsp3) is 0.300. The van der Waals surface area contributed by atoms with Crippen LogP contribution in [0.15, 0.2) is 78.9 Å². The molecule has 0 bridgehead atoms. The van der Waals surface area contributed by atoms with Gasteiger partial charge < -0.3 is 13.8 Å². The third-order valence-corrected chi connectivity index (χ3v) is 12.0. The van der Waals surface area contributed by atoms with Crippen molar-refractivity contribution in [3.63, 3.8) is 0 Å². The van der Waals surface area contributed by atoms with Crippen LogP contribution >= 0.6 is 35.1 Å². The number of benzene rings is 3. The van der Waals surface area contributed by atoms with E-state index in [0.29, 0.717) is 10.3 Å². The van der Waals surface area contributed by atoms with Crippen LogP contribution in [0.25, 0.3) is 21.9 Å². The summed E-state index contributed by atoms with van der Waals surface area (Å²) < 4.78 is 0. The predicted molar refractivity (Wildman–Crippen MR) is 198 cm³/mol. The van der Waals surface area contributed by atoms with Crippen LogP contribution in [0.1, 0.15) is 77.0 Å². The molecule has 0 aliphatic heterocycles. The summed E-state index contributed by atoms with van der Waals surface area (Å²) in [4.78, 5) is 51.0. The average Bonchev–Trinajstić information content (AvgIpc) is 4.01. The topological polar surface area (TPSA) is 98.2 Å². The van der Waals surface area contributed by atoms with E-state index in [0.717, 1.165) is 52.1 Å². The van der Waals surface area contributed by atoms with Crippen molar-refractivity contribution < 1.29 is 83.1 Å². The molecule has 4 aromatic rings. The molecule has 0 radical (unpaired) electrons. The van der Waals surface area contributed by atoms with Crippen molar-refractivity contribution in [3.8, 4) is 0 Å². The molecule has 2 aliphatic carbocycles. The Labute approximate surface area is 358 Å². The van der Waals surface area contributed by atoms with Gasteiger partial charge in [-0.1, -0.05) is 91.9 Å². The van der Waals surface area contributed by atoms with Crippen molar-refractivity contribution in [2.45, 2.75) is 50.7 Å². The number of ketones is 1. The number of aromatic nitrogens is 1. The summed E-state index contributed by atoms with van der Waals surface area (Å²) in [5.74, 6) is 2.18. The summed E-state index contributed by atoms with van der Waals surface area (Å²) in [5, 5.41) is 2.09. The second-order valence-electron chi connectivity index (χ2n) is 12.7. The van der Waals surface area contributed by atoms with E-state index in [4.69, 9.17) is 35.8 Å². The maximum absolute atomic E-state index is 12.3. The first-order chi connectivity index (χ1) is 23.5. The molecule has 0 spiro atoms. The van der Waals surface area contributed by atoms with Gasteiger partial charge in [-0.25, -0.2) is 4.98 Å². The van der Waals surface area contributed by atoms with Gasteiger partial charge in [0.15, 0.2) is 5.78 Å². The molecule has 51 heavy (non-hydrogen) atoms. The standard InChI is InChI=1S/C38H38ClNOS2.2CO2.2Na/c1-26(41)33-10-5-4-7-27(33)13-16-35(42-24-37(2)17-18-37)29-8-6-9-30(21-29)36(43-25-38(3)19-20-38)23-32-15-12-28-11-14-31(39)22-34(28)40-32;2*2-1-3;;/h4-12,14-15,21-23,35H,2-3,13,16-20,24-25H2,1H3;;;;/q-2;;;2*+1/t35-;;;;/m1..../s1. The fourth-order valence-corrected chi connectivity index (χ4v) is 8.17. The largest absolute Gasteiger partial charge is 1.00 e. The predicted octanol–water partition coefficient (Wildman–Crippen LogP) is 3.80. The molecular weight excluding hydrogens is 720 g/mol. The Morgan fingerprint density at radius 3 is 2.16 bits per heavy atom. The number of carbonyl (C=O) groups excluding carboxylic acids is 5. The number of fused-ring (bicyclic) bond motifs is 1. The molecule has 0 amide bonds. The molecule has 1 atom stereocenters. The van der Waals surface area contributed by atoms with Crippen LogP contribution in [0.5, 0.6) is 0 Å². The minimum atomic E-state index is 0. The second kappa shape index (κ2) is 21.8. The molecule has 6 nitrogen and oxygen atoms in total. The number of halogens is 1. The number of Topliss-reactive ketones (excluding diaryl/α,β-unsaturated/α-hetero) is 1. The molecule has 0 N–H and O–H groups in total. The first-order valence-corrected chi connectivity index (χ1v) is 18.3. The number of aryl methyl sites for hydroxylation is 1. The van der Waals surface area contributed by atoms with Gasteiger partial charge in [-0.15, -0.1) is 22.6 Å². The molecule has 254 valence electrons. The average molecular weight is 758 g/mol. The van der Waals surface area contributed by atoms with Gasteiger partial charge in [-0.3, -0.25) is 4.79 Å². The minimum Gasteiger partial charge on any atom is -0.336 e. The molecule has 2 fully saturated rings. The zero-order valence-corrected chi connectivity index (χ0v) is 35.8. The van der Waals surface area contributed by atoms with E-state index in [9.17, 15) is 4.79 Å². The Hall–Kier alpha value is -1.77. The number of carbonyl (C=O) groups is 1. The number of pyridine rings is 1. The molecule has 1 aromatic heterocycles. The summed E-state index contributed by atoms with van der Waals surface area (Å²) in [6.07, 6.45) is 9.35. The molecule has 3 aromatic carbocycles. The molecule has 0 saturated heterocycles. The van der Waals surface area contributed by atoms with Crippen LogP contribution < -0.4 is 59.1 Å². The quantitative estimate of drug-likeness (QED) is 0.116. The maximum Gasteiger partial charge on any atom is 1.00 e. The summed E-state index contributed by atoms with van der Waals surface area (Å²) in [6, 6.07) is 27.2. The van der Waals surface area contributed by atoms with Gasteiger partial charge in [0.05, 0.1) is 11.2 Å². The van der Waals surface area contributed by atoms with Gasteiger partial charge in [0.1, 0.15) is 0 Å². The van der Waals surface area contributed by atoms with Crippen LogP contribution in [-0.4, -0.2) is 34.6 Å². The number of thioether (sulfide) groups is 2. The maximum atomic E-state index is 12.3. The summed E-state index contributed by atoms with van der Waals surface area (Å²) >= 11 is 10.2. The van der Waals surface area contributed by atoms with E-state index >= 15 is 0 Å². The first-order valence-electron chi connectivity index (χ1n) is 15.9. The Bertz CT molecular complexity index is 1870. The third-order valence-electron chi connectivity index (χ3n) is 8.61. The van der Waals surface area contributed by atoms with Crippen LogP contribution in [0.2, 0.25) is 5.02 Å². The monoisotopic (exact) mass is 757 g/mol. The normalized spacial score (nSPS) is 15.1. The molecule has 6 rings (SSSR count). The van der Waals surface area contributed by atoms with Crippen molar-refractivity contribution >= 4 is 75.1 Å². The van der Waals surface area contributed by atoms with E-state index in [-0.39, 0.29) is 88.0 Å². The van der Waals surface area contributed by atoms with Gasteiger partial charge >= 0.3 is 71.4 Å². The van der Waals surface area contributed by atoms with Gasteiger partial charge in [-0.05, 0) is 78.3 Å². The van der Waals surface area contributed by atoms with E-state index in [2.05, 4.69) is 62.4 Å². The van der Waals surface area contributed by atoms with E-state index < -0.39 is 0 Å². The third kappa shape index (κ3) is 14.5. The molecule has 0 unspecified atom stereocenters. The molecule has 1 heterocycles. The van der Waals surface area contributed by atoms with Crippen LogP contribution in [0.4, 0.5) is 0 Å². The van der Waals surface area contributed by atoms with Crippen LogP contribution in [0, 0.1) is 24.7 Å². The van der Waals surface area contributed by atoms with Gasteiger partial charge in [-0.2, -0.15) is 30.9 Å². The Morgan fingerprint density at radius 1 is 0.882 bits per heavy atom. The number of nitrogens with zero attached hydrogens (tertiary/aromatic N) is 1. The number of rotatable bonds is 13. The van der Waals surface area contributed by atoms with Crippen molar-refractivity contribution in [3.05, 3.63) is 126 Å². The van der Waals surface area contributed by atoms with Crippen LogP contribution in [-0.2, 0) is 25.6 Å². The van der Waals surface area contributed by atoms with Crippen LogP contribution in [0.3, 0.4) is 0 Å². The summed E-state index contributed by atoms with van der Waals surface area (Å²) in [5.41, 5.74) is 6.74. The van der Waals surface area contributed by atoms with Gasteiger partial charge in [0.2, 0.25) is 0 Å². The molecule has 2 saturated carbocycles. The van der Waals surface area contributed by atoms with Gasteiger partial charge in [0, 0.05) is 26.1 Å².